The van der Waals surface area contributed by atoms with Crippen LogP contribution in [0.3, 0.4) is 0 Å². The third-order valence-corrected chi connectivity index (χ3v) is 1.06. The van der Waals surface area contributed by atoms with Crippen molar-refractivity contribution in [1.82, 2.24) is 5.16 Å². The van der Waals surface area contributed by atoms with E-state index in [1.807, 2.05) is 0 Å². The van der Waals surface area contributed by atoms with E-state index in [2.05, 4.69) is 14.5 Å². The Hall–Kier alpha value is -1.74. The Morgan fingerprint density at radius 3 is 3.09 bits per heavy atom. The second kappa shape index (κ2) is 2.90. The van der Waals surface area contributed by atoms with Crippen LogP contribution in [0.4, 0.5) is 0 Å². The van der Waals surface area contributed by atoms with Gasteiger partial charge in [0.15, 0.2) is 5.69 Å². The van der Waals surface area contributed by atoms with Crippen LogP contribution in [0.2, 0.25) is 0 Å². The van der Waals surface area contributed by atoms with Gasteiger partial charge in [0.05, 0.1) is 0 Å². The van der Waals surface area contributed by atoms with Crippen LogP contribution in [0.5, 0.6) is 0 Å². The summed E-state index contributed by atoms with van der Waals surface area (Å²) in [4.78, 5) is 13.4. The number of aryl methyl sites for hydroxylation is 1. The summed E-state index contributed by atoms with van der Waals surface area (Å²) in [5.41, 5.74) is 8.13. The number of aromatic nitrogens is 1. The molecule has 1 heterocycles. The van der Waals surface area contributed by atoms with Gasteiger partial charge in [-0.3, -0.25) is 4.79 Å². The van der Waals surface area contributed by atoms with Crippen LogP contribution in [-0.2, 0) is 0 Å². The number of ketones is 1. The fourth-order valence-corrected chi connectivity index (χ4v) is 0.601. The molecule has 0 fully saturated rings. The lowest BCUT2D eigenvalue weighted by Gasteiger charge is -1.73. The van der Waals surface area contributed by atoms with Crippen molar-refractivity contribution in [2.75, 3.05) is 0 Å². The Kier molecular flexibility index (Phi) is 1.94. The standard InChI is InChI=1S/C6H5N3O2/c1-4-2-5(9-11-4)6(10)3-8-7/h2-3H,1H3. The first-order chi connectivity index (χ1) is 5.24. The molecule has 0 aromatic carbocycles. The topological polar surface area (TPSA) is 79.5 Å². The van der Waals surface area contributed by atoms with Gasteiger partial charge < -0.3 is 10.1 Å². The molecule has 1 aromatic rings. The van der Waals surface area contributed by atoms with Crippen LogP contribution in [0.25, 0.3) is 5.53 Å². The second-order valence-electron chi connectivity index (χ2n) is 1.93. The average molecular weight is 151 g/mol. The molecule has 5 nitrogen and oxygen atoms in total. The largest absolute Gasteiger partial charge is 0.361 e. The predicted octanol–water partition coefficient (Wildman–Crippen LogP) is 0.466. The molecule has 56 valence electrons. The van der Waals surface area contributed by atoms with E-state index in [0.717, 1.165) is 6.21 Å². The molecular weight excluding hydrogens is 146 g/mol. The minimum absolute atomic E-state index is 0.139. The molecule has 1 aromatic heterocycles. The number of hydrogen-bond acceptors (Lipinski definition) is 3. The zero-order valence-corrected chi connectivity index (χ0v) is 5.81. The Labute approximate surface area is 62.2 Å². The fraction of sp³-hybridized carbons (Fsp3) is 0.167. The van der Waals surface area contributed by atoms with Crippen LogP contribution >= 0.6 is 0 Å². The van der Waals surface area contributed by atoms with E-state index in [4.69, 9.17) is 5.53 Å². The van der Waals surface area contributed by atoms with Crippen molar-refractivity contribution in [3.8, 4) is 0 Å². The van der Waals surface area contributed by atoms with Gasteiger partial charge in [0.25, 0.3) is 5.78 Å². The van der Waals surface area contributed by atoms with E-state index in [9.17, 15) is 4.79 Å². The molecule has 0 spiro atoms. The molecule has 0 atom stereocenters. The van der Waals surface area contributed by atoms with Crippen molar-refractivity contribution in [1.29, 1.82) is 0 Å². The monoisotopic (exact) mass is 151 g/mol. The lowest BCUT2D eigenvalue weighted by molar-refractivity contribution is 0.00226. The number of rotatable bonds is 2. The summed E-state index contributed by atoms with van der Waals surface area (Å²) in [6, 6.07) is 1.46. The van der Waals surface area contributed by atoms with E-state index in [0.29, 0.717) is 5.76 Å². The summed E-state index contributed by atoms with van der Waals surface area (Å²) in [5.74, 6) is 0.0593. The molecule has 0 aliphatic carbocycles. The minimum Gasteiger partial charge on any atom is -0.361 e. The molecule has 0 amide bonds. The summed E-state index contributed by atoms with van der Waals surface area (Å²) in [7, 11) is 0. The quantitative estimate of drug-likeness (QED) is 0.266. The van der Waals surface area contributed by atoms with E-state index < -0.39 is 5.78 Å². The molecule has 11 heavy (non-hydrogen) atoms. The molecule has 0 saturated heterocycles. The van der Waals surface area contributed by atoms with Gasteiger partial charge in [-0.05, 0) is 6.92 Å². The molecule has 0 aliphatic heterocycles. The SMILES string of the molecule is Cc1cc(C(=O)C=[N+]=[N-])no1. The van der Waals surface area contributed by atoms with Crippen molar-refractivity contribution in [3.63, 3.8) is 0 Å². The molecule has 0 unspecified atom stereocenters. The van der Waals surface area contributed by atoms with Gasteiger partial charge in [-0.25, -0.2) is 0 Å². The number of carbonyl (C=O) groups excluding carboxylic acids is 1. The summed E-state index contributed by atoms with van der Waals surface area (Å²) < 4.78 is 4.62. The highest BCUT2D eigenvalue weighted by atomic mass is 16.5. The third kappa shape index (κ3) is 1.59. The van der Waals surface area contributed by atoms with Gasteiger partial charge in [-0.1, -0.05) is 5.16 Å². The van der Waals surface area contributed by atoms with Gasteiger partial charge in [0.2, 0.25) is 0 Å². The lowest BCUT2D eigenvalue weighted by Crippen LogP contribution is -2.00. The third-order valence-electron chi connectivity index (χ3n) is 1.06. The van der Waals surface area contributed by atoms with Gasteiger partial charge in [-0.15, -0.1) is 0 Å². The lowest BCUT2D eigenvalue weighted by atomic mass is 10.3. The van der Waals surface area contributed by atoms with Crippen molar-refractivity contribution < 1.29 is 14.1 Å². The summed E-state index contributed by atoms with van der Waals surface area (Å²) >= 11 is 0. The number of nitrogens with zero attached hydrogens (tertiary/aromatic N) is 3. The molecule has 1 rings (SSSR count). The predicted molar refractivity (Wildman–Crippen MR) is 35.3 cm³/mol. The fourth-order valence-electron chi connectivity index (χ4n) is 0.601. The Morgan fingerprint density at radius 2 is 2.64 bits per heavy atom. The van der Waals surface area contributed by atoms with Crippen LogP contribution < -0.4 is 0 Å². The molecule has 0 radical (unpaired) electrons. The van der Waals surface area contributed by atoms with Crippen molar-refractivity contribution in [3.05, 3.63) is 23.1 Å². The average Bonchev–Trinajstić information content (AvgIpc) is 2.36. The molecule has 0 aliphatic rings. The highest BCUT2D eigenvalue weighted by molar-refractivity contribution is 6.32. The maximum Gasteiger partial charge on any atom is 0.329 e. The van der Waals surface area contributed by atoms with E-state index >= 15 is 0 Å². The van der Waals surface area contributed by atoms with Crippen LogP contribution in [-0.4, -0.2) is 21.9 Å². The molecule has 0 N–H and O–H groups in total. The highest BCUT2D eigenvalue weighted by Crippen LogP contribution is 2.00. The maximum absolute atomic E-state index is 10.8. The van der Waals surface area contributed by atoms with Crippen LogP contribution in [0, 0.1) is 6.92 Å². The van der Waals surface area contributed by atoms with Crippen molar-refractivity contribution in [2.45, 2.75) is 6.92 Å². The molecule has 0 saturated carbocycles. The Morgan fingerprint density at radius 1 is 1.91 bits per heavy atom. The first-order valence-corrected chi connectivity index (χ1v) is 2.89. The smallest absolute Gasteiger partial charge is 0.329 e. The van der Waals surface area contributed by atoms with Crippen molar-refractivity contribution >= 4 is 12.0 Å². The summed E-state index contributed by atoms with van der Waals surface area (Å²) in [6.45, 7) is 1.67. The zero-order valence-electron chi connectivity index (χ0n) is 5.81. The van der Waals surface area contributed by atoms with E-state index in [1.54, 1.807) is 6.92 Å². The van der Waals surface area contributed by atoms with Gasteiger partial charge >= 0.3 is 6.21 Å². The minimum atomic E-state index is -0.482. The Balaban J connectivity index is 2.93. The summed E-state index contributed by atoms with van der Waals surface area (Å²) in [5, 5.41) is 3.41. The van der Waals surface area contributed by atoms with E-state index in [-0.39, 0.29) is 5.69 Å². The second-order valence-corrected chi connectivity index (χ2v) is 1.93. The highest BCUT2D eigenvalue weighted by Gasteiger charge is 2.11. The molecule has 0 bridgehead atoms. The molecular formula is C6H5N3O2. The first kappa shape index (κ1) is 7.37. The molecule has 5 heteroatoms. The number of carbonyl (C=O) groups is 1. The van der Waals surface area contributed by atoms with Crippen LogP contribution in [0.15, 0.2) is 10.6 Å². The van der Waals surface area contributed by atoms with Crippen LogP contribution in [0.1, 0.15) is 16.2 Å². The Bertz CT molecular complexity index is 322. The number of hydrogen-bond donors (Lipinski definition) is 0. The maximum atomic E-state index is 10.8. The summed E-state index contributed by atoms with van der Waals surface area (Å²) in [6.07, 6.45) is 0.761. The van der Waals surface area contributed by atoms with E-state index in [1.165, 1.54) is 6.07 Å². The zero-order chi connectivity index (χ0) is 8.27. The normalized spacial score (nSPS) is 8.82. The van der Waals surface area contributed by atoms with Gasteiger partial charge in [0.1, 0.15) is 5.76 Å². The van der Waals surface area contributed by atoms with Gasteiger partial charge in [0, 0.05) is 6.07 Å². The van der Waals surface area contributed by atoms with Crippen molar-refractivity contribution in [2.24, 2.45) is 0 Å². The van der Waals surface area contributed by atoms with Gasteiger partial charge in [-0.2, -0.15) is 4.79 Å². The first-order valence-electron chi connectivity index (χ1n) is 2.89. The number of Topliss-reactive ketones (excluding diaryl/α,β-unsaturated/α-hetero) is 1.